The summed E-state index contributed by atoms with van der Waals surface area (Å²) in [6, 6.07) is 0. The number of carboxylic acids is 2. The lowest BCUT2D eigenvalue weighted by Gasteiger charge is -2.47. The molecule has 2 fully saturated rings. The minimum atomic E-state index is -0.951. The molecule has 4 nitrogen and oxygen atoms in total. The summed E-state index contributed by atoms with van der Waals surface area (Å²) in [5, 5.41) is 17.7. The second-order valence-corrected chi connectivity index (χ2v) is 4.40. The predicted octanol–water partition coefficient (Wildman–Crippen LogP) is 1.21. The van der Waals surface area contributed by atoms with E-state index in [4.69, 9.17) is 10.2 Å². The smallest absolute Gasteiger partial charge is 0.307 e. The van der Waals surface area contributed by atoms with E-state index in [-0.39, 0.29) is 5.92 Å². The highest BCUT2D eigenvalue weighted by molar-refractivity contribution is 5.82. The Bertz CT molecular complexity index is 269. The maximum absolute atomic E-state index is 10.9. The number of hydrogen-bond acceptors (Lipinski definition) is 2. The van der Waals surface area contributed by atoms with Crippen molar-refractivity contribution in [1.29, 1.82) is 0 Å². The summed E-state index contributed by atoms with van der Waals surface area (Å²) in [6.07, 6.45) is 3.91. The van der Waals surface area contributed by atoms with Gasteiger partial charge in [-0.2, -0.15) is 0 Å². The number of carbonyl (C=O) groups is 2. The average molecular weight is 198 g/mol. The molecule has 0 radical (unpaired) electrons. The highest BCUT2D eigenvalue weighted by Gasteiger charge is 2.53. The molecule has 0 aromatic carbocycles. The van der Waals surface area contributed by atoms with Crippen molar-refractivity contribution in [2.45, 2.75) is 25.7 Å². The molecule has 0 aliphatic heterocycles. The quantitative estimate of drug-likeness (QED) is 0.714. The molecule has 0 spiro atoms. The van der Waals surface area contributed by atoms with E-state index in [0.717, 1.165) is 12.8 Å². The molecule has 2 rings (SSSR count). The summed E-state index contributed by atoms with van der Waals surface area (Å²) in [5.41, 5.74) is 0. The monoisotopic (exact) mass is 198 g/mol. The summed E-state index contributed by atoms with van der Waals surface area (Å²) >= 11 is 0. The molecule has 2 aliphatic rings. The van der Waals surface area contributed by atoms with Crippen LogP contribution in [-0.4, -0.2) is 22.2 Å². The van der Waals surface area contributed by atoms with Gasteiger partial charge in [-0.15, -0.1) is 0 Å². The maximum atomic E-state index is 10.9. The lowest BCUT2D eigenvalue weighted by Crippen LogP contribution is -2.50. The minimum absolute atomic E-state index is 0.127. The van der Waals surface area contributed by atoms with Crippen molar-refractivity contribution in [3.8, 4) is 0 Å². The van der Waals surface area contributed by atoms with Crippen LogP contribution in [0.25, 0.3) is 0 Å². The molecule has 2 aliphatic carbocycles. The Morgan fingerprint density at radius 2 is 1.71 bits per heavy atom. The van der Waals surface area contributed by atoms with Crippen LogP contribution in [0, 0.1) is 23.7 Å². The molecule has 0 heterocycles. The fraction of sp³-hybridized carbons (Fsp3) is 0.800. The van der Waals surface area contributed by atoms with Gasteiger partial charge in [0.15, 0.2) is 0 Å². The molecule has 2 N–H and O–H groups in total. The van der Waals surface area contributed by atoms with Crippen LogP contribution in [0.4, 0.5) is 0 Å². The molecular weight excluding hydrogens is 184 g/mol. The normalized spacial score (nSPS) is 37.0. The third-order valence-electron chi connectivity index (χ3n) is 3.78. The largest absolute Gasteiger partial charge is 0.481 e. The number of carboxylic acid groups (broad SMARTS) is 2. The minimum Gasteiger partial charge on any atom is -0.481 e. The maximum Gasteiger partial charge on any atom is 0.307 e. The van der Waals surface area contributed by atoms with Gasteiger partial charge >= 0.3 is 11.9 Å². The molecular formula is C10H14O4. The van der Waals surface area contributed by atoms with Gasteiger partial charge in [0.05, 0.1) is 11.8 Å². The Morgan fingerprint density at radius 3 is 2.07 bits per heavy atom. The molecule has 3 unspecified atom stereocenters. The molecule has 0 aromatic heterocycles. The predicted molar refractivity (Wildman–Crippen MR) is 47.7 cm³/mol. The van der Waals surface area contributed by atoms with Gasteiger partial charge in [0, 0.05) is 0 Å². The van der Waals surface area contributed by atoms with Crippen LogP contribution in [0.1, 0.15) is 25.7 Å². The summed E-state index contributed by atoms with van der Waals surface area (Å²) in [7, 11) is 0. The molecule has 3 atom stereocenters. The van der Waals surface area contributed by atoms with Crippen molar-refractivity contribution in [2.75, 3.05) is 0 Å². The Balaban J connectivity index is 2.01. The van der Waals surface area contributed by atoms with Gasteiger partial charge < -0.3 is 10.2 Å². The molecule has 2 saturated carbocycles. The molecule has 0 bridgehead atoms. The van der Waals surface area contributed by atoms with Gasteiger partial charge in [-0.1, -0.05) is 19.3 Å². The fourth-order valence-corrected chi connectivity index (χ4v) is 2.65. The summed E-state index contributed by atoms with van der Waals surface area (Å²) in [4.78, 5) is 21.6. The third-order valence-corrected chi connectivity index (χ3v) is 3.78. The van der Waals surface area contributed by atoms with Crippen molar-refractivity contribution >= 4 is 11.9 Å². The molecule has 14 heavy (non-hydrogen) atoms. The average Bonchev–Trinajstić information content (AvgIpc) is 1.89. The second kappa shape index (κ2) is 3.26. The first-order valence-corrected chi connectivity index (χ1v) is 5.07. The first kappa shape index (κ1) is 9.49. The summed E-state index contributed by atoms with van der Waals surface area (Å²) in [6.45, 7) is 0. The van der Waals surface area contributed by atoms with Crippen molar-refractivity contribution < 1.29 is 19.8 Å². The molecule has 0 aromatic rings. The fourth-order valence-electron chi connectivity index (χ4n) is 2.65. The number of rotatable bonds is 3. The molecule has 78 valence electrons. The SMILES string of the molecule is O=C(O)C1CC(C2CCC2)C1C(=O)O. The summed E-state index contributed by atoms with van der Waals surface area (Å²) < 4.78 is 0. The van der Waals surface area contributed by atoms with E-state index in [0.29, 0.717) is 12.3 Å². The van der Waals surface area contributed by atoms with Crippen LogP contribution in [0.2, 0.25) is 0 Å². The van der Waals surface area contributed by atoms with Crippen LogP contribution in [0.3, 0.4) is 0 Å². The Kier molecular flexibility index (Phi) is 2.21. The molecule has 0 amide bonds. The van der Waals surface area contributed by atoms with E-state index in [1.54, 1.807) is 0 Å². The number of hydrogen-bond donors (Lipinski definition) is 2. The van der Waals surface area contributed by atoms with Gasteiger partial charge in [0.25, 0.3) is 0 Å². The van der Waals surface area contributed by atoms with Crippen molar-refractivity contribution in [3.63, 3.8) is 0 Å². The van der Waals surface area contributed by atoms with Crippen LogP contribution >= 0.6 is 0 Å². The zero-order valence-corrected chi connectivity index (χ0v) is 7.85. The van der Waals surface area contributed by atoms with Crippen LogP contribution < -0.4 is 0 Å². The topological polar surface area (TPSA) is 74.6 Å². The van der Waals surface area contributed by atoms with Gasteiger partial charge in [0.2, 0.25) is 0 Å². The second-order valence-electron chi connectivity index (χ2n) is 4.40. The molecule has 4 heteroatoms. The zero-order valence-electron chi connectivity index (χ0n) is 7.85. The van der Waals surface area contributed by atoms with E-state index in [2.05, 4.69) is 0 Å². The van der Waals surface area contributed by atoms with E-state index in [9.17, 15) is 9.59 Å². The van der Waals surface area contributed by atoms with Crippen molar-refractivity contribution in [2.24, 2.45) is 23.7 Å². The van der Waals surface area contributed by atoms with Gasteiger partial charge in [-0.05, 0) is 18.3 Å². The van der Waals surface area contributed by atoms with Crippen LogP contribution in [-0.2, 0) is 9.59 Å². The Morgan fingerprint density at radius 1 is 1.07 bits per heavy atom. The van der Waals surface area contributed by atoms with Crippen molar-refractivity contribution in [3.05, 3.63) is 0 Å². The van der Waals surface area contributed by atoms with E-state index < -0.39 is 23.8 Å². The lowest BCUT2D eigenvalue weighted by atomic mass is 9.56. The highest BCUT2D eigenvalue weighted by atomic mass is 16.4. The van der Waals surface area contributed by atoms with E-state index in [1.807, 2.05) is 0 Å². The first-order chi connectivity index (χ1) is 6.61. The van der Waals surface area contributed by atoms with Crippen LogP contribution in [0.5, 0.6) is 0 Å². The van der Waals surface area contributed by atoms with E-state index >= 15 is 0 Å². The Hall–Kier alpha value is -1.06. The summed E-state index contributed by atoms with van der Waals surface area (Å²) in [5.74, 6) is -2.54. The van der Waals surface area contributed by atoms with Gasteiger partial charge in [-0.25, -0.2) is 0 Å². The van der Waals surface area contributed by atoms with E-state index in [1.165, 1.54) is 6.42 Å². The third kappa shape index (κ3) is 1.29. The standard InChI is InChI=1S/C10H14O4/c11-9(12)7-4-6(5-2-1-3-5)8(7)10(13)14/h5-8H,1-4H2,(H,11,12)(H,13,14). The molecule has 0 saturated heterocycles. The van der Waals surface area contributed by atoms with Gasteiger partial charge in [0.1, 0.15) is 0 Å². The van der Waals surface area contributed by atoms with Gasteiger partial charge in [-0.3, -0.25) is 9.59 Å². The number of aliphatic carboxylic acids is 2. The first-order valence-electron chi connectivity index (χ1n) is 5.07. The zero-order chi connectivity index (χ0) is 10.3. The van der Waals surface area contributed by atoms with Crippen molar-refractivity contribution in [1.82, 2.24) is 0 Å². The Labute approximate surface area is 81.9 Å². The lowest BCUT2D eigenvalue weighted by molar-refractivity contribution is -0.170. The highest BCUT2D eigenvalue weighted by Crippen LogP contribution is 2.51. The van der Waals surface area contributed by atoms with Crippen LogP contribution in [0.15, 0.2) is 0 Å².